The number of aromatic nitrogens is 2. The number of anilines is 2. The molecule has 37 heavy (non-hydrogen) atoms. The zero-order valence-electron chi connectivity index (χ0n) is 22.0. The van der Waals surface area contributed by atoms with Crippen LogP contribution < -0.4 is 10.2 Å². The van der Waals surface area contributed by atoms with Crippen LogP contribution in [0.4, 0.5) is 11.4 Å². The summed E-state index contributed by atoms with van der Waals surface area (Å²) in [5, 5.41) is 6.89. The Morgan fingerprint density at radius 1 is 1.14 bits per heavy atom. The third-order valence-corrected chi connectivity index (χ3v) is 8.01. The van der Waals surface area contributed by atoms with Gasteiger partial charge in [0.05, 0.1) is 24.6 Å². The minimum Gasteiger partial charge on any atom is -0.465 e. The molecule has 0 radical (unpaired) electrons. The van der Waals surface area contributed by atoms with Crippen LogP contribution in [0.1, 0.15) is 66.5 Å². The molecule has 2 amide bonds. The summed E-state index contributed by atoms with van der Waals surface area (Å²) in [5.41, 5.74) is 2.60. The van der Waals surface area contributed by atoms with Gasteiger partial charge in [0, 0.05) is 35.8 Å². The molecule has 1 aliphatic rings. The summed E-state index contributed by atoms with van der Waals surface area (Å²) in [5.74, 6) is -0.00943. The zero-order chi connectivity index (χ0) is 26.7. The van der Waals surface area contributed by atoms with E-state index in [4.69, 9.17) is 4.74 Å². The van der Waals surface area contributed by atoms with E-state index in [1.165, 1.54) is 24.6 Å². The van der Waals surface area contributed by atoms with E-state index >= 15 is 0 Å². The first kappa shape index (κ1) is 26.6. The van der Waals surface area contributed by atoms with Crippen molar-refractivity contribution in [2.75, 3.05) is 17.3 Å². The van der Waals surface area contributed by atoms with Crippen molar-refractivity contribution in [1.82, 2.24) is 9.78 Å². The van der Waals surface area contributed by atoms with Crippen LogP contribution in [0.25, 0.3) is 10.4 Å². The highest BCUT2D eigenvalue weighted by molar-refractivity contribution is 7.18. The predicted octanol–water partition coefficient (Wildman–Crippen LogP) is 5.76. The van der Waals surface area contributed by atoms with E-state index in [0.29, 0.717) is 27.7 Å². The Labute approximate surface area is 221 Å². The molecule has 196 valence electrons. The fourth-order valence-corrected chi connectivity index (χ4v) is 5.83. The van der Waals surface area contributed by atoms with Crippen molar-refractivity contribution in [3.63, 3.8) is 0 Å². The van der Waals surface area contributed by atoms with Gasteiger partial charge < -0.3 is 15.0 Å². The highest BCUT2D eigenvalue weighted by atomic mass is 32.1. The standard InChI is InChI=1S/C28H34N4O4S/c1-17(2)32(27(34)20-8-6-18(3)7-9-20)23-14-24(37-25(23)28(35)36-5)19-10-12-22(13-11-19)30-26(33)21-15-29-31(4)16-21/h10-18,20H,6-9H2,1-5H3,(H,30,33). The first-order chi connectivity index (χ1) is 17.7. The zero-order valence-corrected chi connectivity index (χ0v) is 22.8. The van der Waals surface area contributed by atoms with Gasteiger partial charge in [-0.25, -0.2) is 4.79 Å². The van der Waals surface area contributed by atoms with E-state index in [1.807, 2.05) is 44.2 Å². The number of amides is 2. The van der Waals surface area contributed by atoms with Crippen LogP contribution in [0.15, 0.2) is 42.7 Å². The summed E-state index contributed by atoms with van der Waals surface area (Å²) < 4.78 is 6.66. The average molecular weight is 523 g/mol. The first-order valence-corrected chi connectivity index (χ1v) is 13.4. The van der Waals surface area contributed by atoms with Crippen LogP contribution in [-0.4, -0.2) is 40.7 Å². The van der Waals surface area contributed by atoms with Crippen LogP contribution in [0.3, 0.4) is 0 Å². The Hall–Kier alpha value is -3.46. The number of esters is 1. The second-order valence-electron chi connectivity index (χ2n) is 10.0. The van der Waals surface area contributed by atoms with Gasteiger partial charge in [-0.2, -0.15) is 5.10 Å². The summed E-state index contributed by atoms with van der Waals surface area (Å²) >= 11 is 1.31. The number of nitrogens with zero attached hydrogens (tertiary/aromatic N) is 3. The third kappa shape index (κ3) is 5.93. The fourth-order valence-electron chi connectivity index (χ4n) is 4.76. The highest BCUT2D eigenvalue weighted by Crippen LogP contribution is 2.40. The molecule has 1 aliphatic carbocycles. The Morgan fingerprint density at radius 3 is 2.38 bits per heavy atom. The molecule has 2 heterocycles. The minimum absolute atomic E-state index is 0.0323. The lowest BCUT2D eigenvalue weighted by Crippen LogP contribution is -2.42. The Morgan fingerprint density at radius 2 is 1.81 bits per heavy atom. The Balaban J connectivity index is 1.60. The number of carbonyl (C=O) groups excluding carboxylic acids is 3. The number of nitrogens with one attached hydrogen (secondary N) is 1. The molecule has 1 N–H and O–H groups in total. The molecule has 0 saturated heterocycles. The lowest BCUT2D eigenvalue weighted by molar-refractivity contribution is -0.123. The van der Waals surface area contributed by atoms with Gasteiger partial charge in [0.25, 0.3) is 5.91 Å². The molecule has 0 aliphatic heterocycles. The summed E-state index contributed by atoms with van der Waals surface area (Å²) in [6, 6.07) is 9.20. The van der Waals surface area contributed by atoms with E-state index in [-0.39, 0.29) is 23.8 Å². The number of hydrogen-bond acceptors (Lipinski definition) is 6. The number of ether oxygens (including phenoxy) is 1. The lowest BCUT2D eigenvalue weighted by atomic mass is 9.82. The van der Waals surface area contributed by atoms with Crippen LogP contribution in [0, 0.1) is 11.8 Å². The van der Waals surface area contributed by atoms with E-state index in [9.17, 15) is 14.4 Å². The Bertz CT molecular complexity index is 1270. The van der Waals surface area contributed by atoms with Gasteiger partial charge in [0.1, 0.15) is 4.88 Å². The highest BCUT2D eigenvalue weighted by Gasteiger charge is 2.33. The first-order valence-electron chi connectivity index (χ1n) is 12.6. The predicted molar refractivity (Wildman–Crippen MR) is 146 cm³/mol. The lowest BCUT2D eigenvalue weighted by Gasteiger charge is -2.33. The average Bonchev–Trinajstić information content (AvgIpc) is 3.51. The molecule has 8 nitrogen and oxygen atoms in total. The normalized spacial score (nSPS) is 17.5. The molecule has 0 atom stereocenters. The Kier molecular flexibility index (Phi) is 8.12. The molecule has 1 aromatic carbocycles. The minimum atomic E-state index is -0.456. The summed E-state index contributed by atoms with van der Waals surface area (Å²) in [6.07, 6.45) is 7.01. The summed E-state index contributed by atoms with van der Waals surface area (Å²) in [6.45, 7) is 6.18. The largest absolute Gasteiger partial charge is 0.465 e. The van der Waals surface area contributed by atoms with E-state index in [0.717, 1.165) is 36.1 Å². The summed E-state index contributed by atoms with van der Waals surface area (Å²) in [4.78, 5) is 41.9. The SMILES string of the molecule is COC(=O)c1sc(-c2ccc(NC(=O)c3cnn(C)c3)cc2)cc1N(C(=O)C1CCC(C)CC1)C(C)C. The van der Waals surface area contributed by atoms with Crippen molar-refractivity contribution in [3.8, 4) is 10.4 Å². The third-order valence-electron chi connectivity index (χ3n) is 6.86. The molecular weight excluding hydrogens is 488 g/mol. The fraction of sp³-hybridized carbons (Fsp3) is 0.429. The maximum Gasteiger partial charge on any atom is 0.350 e. The van der Waals surface area contributed by atoms with Crippen LogP contribution in [-0.2, 0) is 16.6 Å². The van der Waals surface area contributed by atoms with E-state index in [2.05, 4.69) is 17.3 Å². The maximum atomic E-state index is 13.7. The monoisotopic (exact) mass is 522 g/mol. The smallest absolute Gasteiger partial charge is 0.350 e. The molecule has 2 aromatic heterocycles. The van der Waals surface area contributed by atoms with Crippen molar-refractivity contribution in [1.29, 1.82) is 0 Å². The van der Waals surface area contributed by atoms with E-state index in [1.54, 1.807) is 22.8 Å². The van der Waals surface area contributed by atoms with Crippen LogP contribution in [0.5, 0.6) is 0 Å². The molecule has 1 fully saturated rings. The van der Waals surface area contributed by atoms with Crippen LogP contribution in [0.2, 0.25) is 0 Å². The quantitative estimate of drug-likeness (QED) is 0.399. The topological polar surface area (TPSA) is 93.5 Å². The second kappa shape index (κ2) is 11.3. The molecule has 0 unspecified atom stereocenters. The van der Waals surface area contributed by atoms with Gasteiger partial charge in [-0.1, -0.05) is 19.1 Å². The molecular formula is C28H34N4O4S. The molecule has 1 saturated carbocycles. The maximum absolute atomic E-state index is 13.7. The number of hydrogen-bond donors (Lipinski definition) is 1. The van der Waals surface area contributed by atoms with E-state index < -0.39 is 5.97 Å². The molecule has 9 heteroatoms. The molecule has 0 bridgehead atoms. The van der Waals surface area contributed by atoms with Gasteiger partial charge in [-0.15, -0.1) is 11.3 Å². The molecule has 0 spiro atoms. The van der Waals surface area contributed by atoms with Crippen molar-refractivity contribution >= 4 is 40.5 Å². The molecule has 3 aromatic rings. The number of carbonyl (C=O) groups is 3. The number of methoxy groups -OCH3 is 1. The van der Waals surface area contributed by atoms with Crippen molar-refractivity contribution < 1.29 is 19.1 Å². The number of rotatable bonds is 7. The van der Waals surface area contributed by atoms with Crippen molar-refractivity contribution in [2.45, 2.75) is 52.5 Å². The van der Waals surface area contributed by atoms with Gasteiger partial charge >= 0.3 is 5.97 Å². The van der Waals surface area contributed by atoms with Crippen molar-refractivity contribution in [2.24, 2.45) is 18.9 Å². The number of aryl methyl sites for hydroxylation is 1. The van der Waals surface area contributed by atoms with Gasteiger partial charge in [-0.3, -0.25) is 14.3 Å². The van der Waals surface area contributed by atoms with Crippen LogP contribution >= 0.6 is 11.3 Å². The summed E-state index contributed by atoms with van der Waals surface area (Å²) in [7, 11) is 3.11. The number of benzene rings is 1. The number of thiophene rings is 1. The molecule has 4 rings (SSSR count). The second-order valence-corrected chi connectivity index (χ2v) is 11.1. The van der Waals surface area contributed by atoms with Gasteiger partial charge in [-0.05, 0) is 69.2 Å². The van der Waals surface area contributed by atoms with Gasteiger partial charge in [0.2, 0.25) is 5.91 Å². The van der Waals surface area contributed by atoms with Gasteiger partial charge in [0.15, 0.2) is 0 Å². The van der Waals surface area contributed by atoms with Crippen molar-refractivity contribution in [3.05, 3.63) is 53.2 Å².